The first kappa shape index (κ1) is 18.0. The van der Waals surface area contributed by atoms with Crippen LogP contribution in [0, 0.1) is 0 Å². The lowest BCUT2D eigenvalue weighted by Gasteiger charge is -2.49. The van der Waals surface area contributed by atoms with E-state index in [-0.39, 0.29) is 5.91 Å². The Kier molecular flexibility index (Phi) is 4.21. The second-order valence-corrected chi connectivity index (χ2v) is 8.10. The molecule has 0 unspecified atom stereocenters. The molecule has 2 aliphatic heterocycles. The average Bonchev–Trinajstić information content (AvgIpc) is 2.74. The predicted octanol–water partition coefficient (Wildman–Crippen LogP) is 3.88. The highest BCUT2D eigenvalue weighted by atomic mass is 16.5. The molecular weight excluding hydrogens is 362 g/mol. The molecule has 0 aromatic heterocycles. The number of hydrogen-bond acceptors (Lipinski definition) is 4. The van der Waals surface area contributed by atoms with E-state index in [4.69, 9.17) is 10.5 Å². The van der Waals surface area contributed by atoms with Crippen LogP contribution in [0.3, 0.4) is 0 Å². The fourth-order valence-corrected chi connectivity index (χ4v) is 4.55. The van der Waals surface area contributed by atoms with Crippen molar-refractivity contribution < 1.29 is 9.53 Å². The van der Waals surface area contributed by atoms with Gasteiger partial charge in [-0.2, -0.15) is 0 Å². The Labute approximate surface area is 170 Å². The third-order valence-electron chi connectivity index (χ3n) is 6.32. The van der Waals surface area contributed by atoms with Crippen LogP contribution in [0.5, 0.6) is 5.75 Å². The number of likely N-dealkylation sites (tertiary alicyclic amines) is 1. The molecule has 1 saturated heterocycles. The van der Waals surface area contributed by atoms with Gasteiger partial charge in [-0.05, 0) is 29.1 Å². The van der Waals surface area contributed by atoms with Crippen LogP contribution in [0.2, 0.25) is 0 Å². The molecule has 0 bridgehead atoms. The lowest BCUT2D eigenvalue weighted by atomic mass is 9.93. The molecule has 1 amide bonds. The maximum absolute atomic E-state index is 13.2. The Morgan fingerprint density at radius 3 is 2.52 bits per heavy atom. The summed E-state index contributed by atoms with van der Waals surface area (Å²) in [6.45, 7) is 2.69. The normalized spacial score (nSPS) is 18.7. The Morgan fingerprint density at radius 1 is 1.03 bits per heavy atom. The van der Waals surface area contributed by atoms with Gasteiger partial charge < -0.3 is 15.4 Å². The minimum atomic E-state index is -0.601. The van der Waals surface area contributed by atoms with Crippen molar-refractivity contribution in [2.24, 2.45) is 0 Å². The van der Waals surface area contributed by atoms with Crippen LogP contribution in [-0.4, -0.2) is 41.6 Å². The molecule has 148 valence electrons. The van der Waals surface area contributed by atoms with Crippen molar-refractivity contribution in [3.8, 4) is 5.75 Å². The van der Waals surface area contributed by atoms with E-state index < -0.39 is 5.72 Å². The summed E-state index contributed by atoms with van der Waals surface area (Å²) in [5, 5.41) is 1.95. The number of ether oxygens (including phenoxy) is 1. The lowest BCUT2D eigenvalue weighted by Crippen LogP contribution is -2.61. The molecule has 2 aliphatic rings. The fourth-order valence-electron chi connectivity index (χ4n) is 4.55. The zero-order chi connectivity index (χ0) is 20.0. The smallest absolute Gasteiger partial charge is 0.260 e. The van der Waals surface area contributed by atoms with Gasteiger partial charge >= 0.3 is 0 Å². The van der Waals surface area contributed by atoms with E-state index in [9.17, 15) is 4.79 Å². The Bertz CT molecular complexity index is 1070. The summed E-state index contributed by atoms with van der Waals surface area (Å²) in [6.07, 6.45) is 1.56. The Hall–Kier alpha value is -3.05. The monoisotopic (exact) mass is 387 g/mol. The maximum Gasteiger partial charge on any atom is 0.260 e. The molecule has 2 heterocycles. The van der Waals surface area contributed by atoms with E-state index in [1.165, 1.54) is 5.56 Å². The number of anilines is 1. The van der Waals surface area contributed by atoms with E-state index in [1.54, 1.807) is 4.90 Å². The van der Waals surface area contributed by atoms with Crippen LogP contribution in [-0.2, 0) is 6.54 Å². The van der Waals surface area contributed by atoms with Crippen LogP contribution >= 0.6 is 0 Å². The first-order valence-electron chi connectivity index (χ1n) is 10.1. The molecule has 3 aromatic carbocycles. The second-order valence-electron chi connectivity index (χ2n) is 8.10. The molecule has 0 saturated carbocycles. The van der Waals surface area contributed by atoms with Crippen molar-refractivity contribution >= 4 is 22.4 Å². The van der Waals surface area contributed by atoms with Crippen LogP contribution in [0.4, 0.5) is 5.69 Å². The maximum atomic E-state index is 13.2. The summed E-state index contributed by atoms with van der Waals surface area (Å²) >= 11 is 0. The zero-order valence-electron chi connectivity index (χ0n) is 16.6. The molecule has 0 radical (unpaired) electrons. The average molecular weight is 387 g/mol. The fraction of sp³-hybridized carbons (Fsp3) is 0.292. The predicted molar refractivity (Wildman–Crippen MR) is 115 cm³/mol. The molecule has 1 spiro atoms. The Balaban J connectivity index is 1.44. The number of benzene rings is 3. The van der Waals surface area contributed by atoms with Gasteiger partial charge in [0.05, 0.1) is 5.56 Å². The van der Waals surface area contributed by atoms with Gasteiger partial charge in [0.1, 0.15) is 5.75 Å². The summed E-state index contributed by atoms with van der Waals surface area (Å²) in [5.74, 6) is 0.696. The number of carbonyl (C=O) groups excluding carboxylic acids is 1. The Morgan fingerprint density at radius 2 is 1.76 bits per heavy atom. The van der Waals surface area contributed by atoms with E-state index in [0.29, 0.717) is 17.0 Å². The number of carbonyl (C=O) groups is 1. The largest absolute Gasteiger partial charge is 0.466 e. The summed E-state index contributed by atoms with van der Waals surface area (Å²) in [7, 11) is 1.86. The second kappa shape index (κ2) is 6.78. The molecule has 29 heavy (non-hydrogen) atoms. The van der Waals surface area contributed by atoms with Crippen molar-refractivity contribution in [1.29, 1.82) is 0 Å². The molecule has 1 fully saturated rings. The van der Waals surface area contributed by atoms with E-state index in [0.717, 1.165) is 43.2 Å². The molecule has 3 aromatic rings. The number of nitrogen functional groups attached to an aromatic ring is 1. The first-order chi connectivity index (χ1) is 14.1. The van der Waals surface area contributed by atoms with Crippen molar-refractivity contribution in [3.63, 3.8) is 0 Å². The number of rotatable bonds is 2. The highest BCUT2D eigenvalue weighted by Crippen LogP contribution is 2.43. The third-order valence-corrected chi connectivity index (χ3v) is 6.32. The highest BCUT2D eigenvalue weighted by Gasteiger charge is 2.47. The van der Waals surface area contributed by atoms with Crippen molar-refractivity contribution in [1.82, 2.24) is 9.80 Å². The van der Waals surface area contributed by atoms with Gasteiger partial charge in [0.2, 0.25) is 0 Å². The number of hydrogen-bond donors (Lipinski definition) is 1. The standard InChI is InChI=1S/C24H25N3O2/c1-26-23(28)20-10-8-18-7-9-19(25)15-21(18)22(20)29-24(26)11-13-27(14-12-24)16-17-5-3-2-4-6-17/h2-10,15H,11-14,16,25H2,1H3. The molecule has 5 nitrogen and oxygen atoms in total. The van der Waals surface area contributed by atoms with Crippen molar-refractivity contribution in [2.45, 2.75) is 25.1 Å². The number of amides is 1. The van der Waals surface area contributed by atoms with E-state index >= 15 is 0 Å². The molecule has 5 rings (SSSR count). The van der Waals surface area contributed by atoms with Gasteiger partial charge in [0.15, 0.2) is 5.72 Å². The first-order valence-corrected chi connectivity index (χ1v) is 10.1. The van der Waals surface area contributed by atoms with Gasteiger partial charge in [0.25, 0.3) is 5.91 Å². The molecule has 0 atom stereocenters. The topological polar surface area (TPSA) is 58.8 Å². The van der Waals surface area contributed by atoms with Crippen molar-refractivity contribution in [2.75, 3.05) is 25.9 Å². The number of piperidine rings is 1. The van der Waals surface area contributed by atoms with Crippen LogP contribution in [0.15, 0.2) is 60.7 Å². The van der Waals surface area contributed by atoms with E-state index in [2.05, 4.69) is 29.2 Å². The van der Waals surface area contributed by atoms with Gasteiger partial charge in [0, 0.05) is 50.6 Å². The minimum Gasteiger partial charge on any atom is -0.466 e. The summed E-state index contributed by atoms with van der Waals surface area (Å²) in [5.41, 5.74) is 8.02. The summed E-state index contributed by atoms with van der Waals surface area (Å²) < 4.78 is 6.63. The van der Waals surface area contributed by atoms with Crippen LogP contribution in [0.25, 0.3) is 10.8 Å². The number of nitrogens with two attached hydrogens (primary N) is 1. The highest BCUT2D eigenvalue weighted by molar-refractivity contribution is 6.05. The zero-order valence-corrected chi connectivity index (χ0v) is 16.6. The van der Waals surface area contributed by atoms with E-state index in [1.807, 2.05) is 43.4 Å². The SMILES string of the molecule is CN1C(=O)c2ccc3ccc(N)cc3c2OC12CCN(Cc1ccccc1)CC2. The van der Waals surface area contributed by atoms with Gasteiger partial charge in [-0.15, -0.1) is 0 Å². The summed E-state index contributed by atoms with van der Waals surface area (Å²) in [6, 6.07) is 20.1. The molecular formula is C24H25N3O2. The third kappa shape index (κ3) is 3.02. The van der Waals surface area contributed by atoms with Gasteiger partial charge in [-0.3, -0.25) is 9.69 Å². The van der Waals surface area contributed by atoms with Crippen molar-refractivity contribution in [3.05, 3.63) is 71.8 Å². The molecule has 0 aliphatic carbocycles. The molecule has 5 heteroatoms. The number of nitrogens with zero attached hydrogens (tertiary/aromatic N) is 2. The van der Waals surface area contributed by atoms with Crippen LogP contribution < -0.4 is 10.5 Å². The quantitative estimate of drug-likeness (QED) is 0.678. The molecule has 2 N–H and O–H groups in total. The minimum absolute atomic E-state index is 0.0204. The number of fused-ring (bicyclic) bond motifs is 3. The van der Waals surface area contributed by atoms with Gasteiger partial charge in [-0.25, -0.2) is 0 Å². The van der Waals surface area contributed by atoms with Crippen LogP contribution in [0.1, 0.15) is 28.8 Å². The lowest BCUT2D eigenvalue weighted by molar-refractivity contribution is -0.101. The van der Waals surface area contributed by atoms with Gasteiger partial charge in [-0.1, -0.05) is 42.5 Å². The summed E-state index contributed by atoms with van der Waals surface area (Å²) in [4.78, 5) is 17.4.